The van der Waals surface area contributed by atoms with E-state index in [9.17, 15) is 5.11 Å². The van der Waals surface area contributed by atoms with Gasteiger partial charge in [-0.2, -0.15) is 10.1 Å². The van der Waals surface area contributed by atoms with Gasteiger partial charge in [0.05, 0.1) is 25.3 Å². The quantitative estimate of drug-likeness (QED) is 0.343. The Balaban J connectivity index is 1.58. The number of ether oxygens (including phenoxy) is 1. The van der Waals surface area contributed by atoms with Crippen LogP contribution in [-0.2, 0) is 11.3 Å². The molecule has 0 amide bonds. The highest BCUT2D eigenvalue weighted by Crippen LogP contribution is 2.35. The number of hydrogen-bond acceptors (Lipinski definition) is 8. The first-order valence-electron chi connectivity index (χ1n) is 12.2. The minimum Gasteiger partial charge on any atom is -0.508 e. The lowest BCUT2D eigenvalue weighted by Gasteiger charge is -2.47. The molecule has 1 aliphatic rings. The van der Waals surface area contributed by atoms with E-state index in [1.807, 2.05) is 36.4 Å². The predicted octanol–water partition coefficient (Wildman–Crippen LogP) is 3.26. The summed E-state index contributed by atoms with van der Waals surface area (Å²) < 4.78 is 5.17. The van der Waals surface area contributed by atoms with Gasteiger partial charge in [0, 0.05) is 37.3 Å². The Hall–Kier alpha value is -3.58. The standard InChI is InChI=1S/C27H33N7O2/c1-4-13-32-18-21(3)33(19-20(32)2)26(24-6-5-7-25(35)17-24)22-8-10-23(11-9-22)27-29-31-34(30-27)14-16-36-15-12-28/h4-11,17,20-21,26,35H,1,13-16,18-19H2,2-3H3/t20-,21+,26-/m1/s1. The van der Waals surface area contributed by atoms with Crippen molar-refractivity contribution in [2.75, 3.05) is 32.8 Å². The number of phenolic OH excluding ortho intramolecular Hbond substituents is 1. The van der Waals surface area contributed by atoms with Crippen molar-refractivity contribution >= 4 is 0 Å². The molecule has 0 aliphatic carbocycles. The molecule has 0 bridgehead atoms. The minimum atomic E-state index is -0.00425. The van der Waals surface area contributed by atoms with E-state index in [2.05, 4.69) is 63.8 Å². The maximum Gasteiger partial charge on any atom is 0.204 e. The van der Waals surface area contributed by atoms with Crippen molar-refractivity contribution in [1.29, 1.82) is 5.26 Å². The number of tetrazole rings is 1. The fraction of sp³-hybridized carbons (Fsp3) is 0.407. The number of benzene rings is 2. The molecule has 2 aromatic carbocycles. The molecule has 1 saturated heterocycles. The number of rotatable bonds is 10. The molecule has 0 unspecified atom stereocenters. The van der Waals surface area contributed by atoms with Gasteiger partial charge in [0.2, 0.25) is 5.82 Å². The van der Waals surface area contributed by atoms with Crippen LogP contribution in [-0.4, -0.2) is 80.0 Å². The van der Waals surface area contributed by atoms with Crippen molar-refractivity contribution < 1.29 is 9.84 Å². The Bertz CT molecular complexity index is 1190. The summed E-state index contributed by atoms with van der Waals surface area (Å²) in [6.07, 6.45) is 1.97. The van der Waals surface area contributed by atoms with E-state index in [1.54, 1.807) is 6.07 Å². The van der Waals surface area contributed by atoms with Crippen LogP contribution in [0.25, 0.3) is 11.4 Å². The molecule has 9 nitrogen and oxygen atoms in total. The second kappa shape index (κ2) is 11.9. The van der Waals surface area contributed by atoms with Gasteiger partial charge in [0.1, 0.15) is 12.4 Å². The van der Waals surface area contributed by atoms with Gasteiger partial charge >= 0.3 is 0 Å². The monoisotopic (exact) mass is 487 g/mol. The van der Waals surface area contributed by atoms with E-state index in [1.165, 1.54) is 4.80 Å². The van der Waals surface area contributed by atoms with Crippen LogP contribution in [0, 0.1) is 11.3 Å². The van der Waals surface area contributed by atoms with Crippen LogP contribution in [0.5, 0.6) is 5.75 Å². The first kappa shape index (κ1) is 25.5. The fourth-order valence-electron chi connectivity index (χ4n) is 4.81. The van der Waals surface area contributed by atoms with E-state index in [0.717, 1.165) is 36.3 Å². The van der Waals surface area contributed by atoms with Gasteiger partial charge < -0.3 is 9.84 Å². The molecule has 1 N–H and O–H groups in total. The molecule has 1 fully saturated rings. The number of piperazine rings is 1. The zero-order valence-corrected chi connectivity index (χ0v) is 20.9. The van der Waals surface area contributed by atoms with E-state index in [-0.39, 0.29) is 18.4 Å². The van der Waals surface area contributed by atoms with Crippen LogP contribution in [0.2, 0.25) is 0 Å². The summed E-state index contributed by atoms with van der Waals surface area (Å²) in [5, 5.41) is 31.5. The largest absolute Gasteiger partial charge is 0.508 e. The van der Waals surface area contributed by atoms with Crippen molar-refractivity contribution in [2.45, 2.75) is 38.5 Å². The van der Waals surface area contributed by atoms with Gasteiger partial charge in [-0.25, -0.2) is 0 Å². The normalized spacial score (nSPS) is 19.6. The number of aromatic nitrogens is 4. The molecule has 4 rings (SSSR count). The summed E-state index contributed by atoms with van der Waals surface area (Å²) in [5.74, 6) is 0.801. The molecular weight excluding hydrogens is 454 g/mol. The first-order chi connectivity index (χ1) is 17.5. The summed E-state index contributed by atoms with van der Waals surface area (Å²) in [7, 11) is 0. The Kier molecular flexibility index (Phi) is 8.44. The Labute approximate surface area is 212 Å². The zero-order chi connectivity index (χ0) is 25.5. The van der Waals surface area contributed by atoms with E-state index in [0.29, 0.717) is 31.1 Å². The highest BCUT2D eigenvalue weighted by atomic mass is 16.5. The van der Waals surface area contributed by atoms with Crippen LogP contribution in [0.1, 0.15) is 31.0 Å². The molecule has 188 valence electrons. The topological polar surface area (TPSA) is 103 Å². The van der Waals surface area contributed by atoms with Crippen LogP contribution < -0.4 is 0 Å². The third-order valence-corrected chi connectivity index (χ3v) is 6.58. The third-order valence-electron chi connectivity index (χ3n) is 6.58. The molecule has 9 heteroatoms. The highest BCUT2D eigenvalue weighted by molar-refractivity contribution is 5.55. The molecule has 0 radical (unpaired) electrons. The van der Waals surface area contributed by atoms with Crippen molar-refractivity contribution in [2.24, 2.45) is 0 Å². The van der Waals surface area contributed by atoms with E-state index < -0.39 is 0 Å². The Morgan fingerprint density at radius 3 is 2.69 bits per heavy atom. The maximum atomic E-state index is 10.2. The Morgan fingerprint density at radius 1 is 1.17 bits per heavy atom. The average molecular weight is 488 g/mol. The molecule has 0 saturated carbocycles. The van der Waals surface area contributed by atoms with Gasteiger partial charge in [0.25, 0.3) is 0 Å². The SMILES string of the molecule is C=CCN1C[C@H](C)N([C@H](c2ccc(-c3nnn(CCOCC#N)n3)cc2)c2cccc(O)c2)C[C@H]1C. The molecule has 1 aliphatic heterocycles. The summed E-state index contributed by atoms with van der Waals surface area (Å²) in [4.78, 5) is 6.45. The summed E-state index contributed by atoms with van der Waals surface area (Å²) in [6.45, 7) is 12.0. The molecule has 3 atom stereocenters. The predicted molar refractivity (Wildman–Crippen MR) is 137 cm³/mol. The number of nitrogens with zero attached hydrogens (tertiary/aromatic N) is 7. The van der Waals surface area contributed by atoms with Crippen molar-refractivity contribution in [3.63, 3.8) is 0 Å². The van der Waals surface area contributed by atoms with Crippen LogP contribution in [0.4, 0.5) is 0 Å². The van der Waals surface area contributed by atoms with Gasteiger partial charge in [-0.05, 0) is 42.3 Å². The number of aromatic hydroxyl groups is 1. The second-order valence-corrected chi connectivity index (χ2v) is 9.18. The number of nitriles is 1. The van der Waals surface area contributed by atoms with Gasteiger partial charge in [-0.15, -0.1) is 16.8 Å². The minimum absolute atomic E-state index is 0.00425. The summed E-state index contributed by atoms with van der Waals surface area (Å²) in [6, 6.07) is 18.4. The fourth-order valence-corrected chi connectivity index (χ4v) is 4.81. The van der Waals surface area contributed by atoms with Gasteiger partial charge in [0.15, 0.2) is 0 Å². The van der Waals surface area contributed by atoms with Crippen LogP contribution in [0.15, 0.2) is 61.2 Å². The van der Waals surface area contributed by atoms with Crippen molar-refractivity contribution in [1.82, 2.24) is 30.0 Å². The molecule has 0 spiro atoms. The number of phenols is 1. The van der Waals surface area contributed by atoms with Gasteiger partial charge in [-0.3, -0.25) is 9.80 Å². The molecule has 1 aromatic heterocycles. The number of hydrogen-bond donors (Lipinski definition) is 1. The lowest BCUT2D eigenvalue weighted by molar-refractivity contribution is 0.0306. The van der Waals surface area contributed by atoms with Crippen molar-refractivity contribution in [3.05, 3.63) is 72.3 Å². The molecule has 2 heterocycles. The molecule has 3 aromatic rings. The summed E-state index contributed by atoms with van der Waals surface area (Å²) in [5.41, 5.74) is 3.06. The van der Waals surface area contributed by atoms with Crippen LogP contribution >= 0.6 is 0 Å². The summed E-state index contributed by atoms with van der Waals surface area (Å²) >= 11 is 0. The lowest BCUT2D eigenvalue weighted by atomic mass is 9.92. The Morgan fingerprint density at radius 2 is 1.97 bits per heavy atom. The zero-order valence-electron chi connectivity index (χ0n) is 20.9. The van der Waals surface area contributed by atoms with Crippen molar-refractivity contribution in [3.8, 4) is 23.2 Å². The lowest BCUT2D eigenvalue weighted by Crippen LogP contribution is -2.57. The second-order valence-electron chi connectivity index (χ2n) is 9.18. The highest BCUT2D eigenvalue weighted by Gasteiger charge is 2.34. The van der Waals surface area contributed by atoms with Gasteiger partial charge in [-0.1, -0.05) is 42.5 Å². The van der Waals surface area contributed by atoms with E-state index >= 15 is 0 Å². The molecular formula is C27H33N7O2. The smallest absolute Gasteiger partial charge is 0.204 e. The maximum absolute atomic E-state index is 10.2. The van der Waals surface area contributed by atoms with E-state index in [4.69, 9.17) is 10.00 Å². The van der Waals surface area contributed by atoms with Crippen LogP contribution in [0.3, 0.4) is 0 Å². The third kappa shape index (κ3) is 5.97. The molecule has 36 heavy (non-hydrogen) atoms. The average Bonchev–Trinajstić information content (AvgIpc) is 3.34. The first-order valence-corrected chi connectivity index (χ1v) is 12.2.